The molecule has 0 N–H and O–H groups in total. The van der Waals surface area contributed by atoms with E-state index in [9.17, 15) is 4.79 Å². The average molecular weight is 343 g/mol. The molecule has 0 amide bonds. The van der Waals surface area contributed by atoms with Gasteiger partial charge in [-0.1, -0.05) is 27.5 Å². The predicted octanol–water partition coefficient (Wildman–Crippen LogP) is 4.01. The Hall–Kier alpha value is -1.26. The van der Waals surface area contributed by atoms with Crippen molar-refractivity contribution in [2.75, 3.05) is 6.61 Å². The second kappa shape index (κ2) is 5.80. The molecule has 0 bridgehead atoms. The Morgan fingerprint density at radius 2 is 2.21 bits per heavy atom. The van der Waals surface area contributed by atoms with Crippen molar-refractivity contribution < 1.29 is 9.53 Å². The summed E-state index contributed by atoms with van der Waals surface area (Å²) in [6.45, 7) is 1.87. The maximum Gasteiger partial charge on any atom is 0.201 e. The van der Waals surface area contributed by atoms with E-state index in [-0.39, 0.29) is 12.4 Å². The standard InChI is InChI=1S/C14H13BrClNO2/c1-9-5-11(15)6-12(16)14(9)19-8-13(18)10-3-4-17(2)7-10/h3-7H,8H2,1-2H3. The smallest absolute Gasteiger partial charge is 0.201 e. The molecule has 3 nitrogen and oxygen atoms in total. The van der Waals surface area contributed by atoms with Crippen LogP contribution in [-0.4, -0.2) is 17.0 Å². The van der Waals surface area contributed by atoms with Gasteiger partial charge in [-0.25, -0.2) is 0 Å². The highest BCUT2D eigenvalue weighted by Crippen LogP contribution is 2.32. The number of aromatic nitrogens is 1. The largest absolute Gasteiger partial charge is 0.484 e. The Morgan fingerprint density at radius 1 is 1.47 bits per heavy atom. The van der Waals surface area contributed by atoms with E-state index in [1.807, 2.05) is 30.8 Å². The van der Waals surface area contributed by atoms with Crippen LogP contribution in [0.25, 0.3) is 0 Å². The molecule has 0 radical (unpaired) electrons. The van der Waals surface area contributed by atoms with Crippen LogP contribution in [0.1, 0.15) is 15.9 Å². The number of halogens is 2. The lowest BCUT2D eigenvalue weighted by molar-refractivity contribution is 0.0921. The van der Waals surface area contributed by atoms with E-state index in [1.54, 1.807) is 18.3 Å². The molecule has 1 aromatic carbocycles. The highest BCUT2D eigenvalue weighted by atomic mass is 79.9. The normalized spacial score (nSPS) is 10.5. The van der Waals surface area contributed by atoms with Crippen molar-refractivity contribution in [3.63, 3.8) is 0 Å². The molecule has 0 aliphatic heterocycles. The number of hydrogen-bond acceptors (Lipinski definition) is 2. The Labute approximate surface area is 125 Å². The first-order chi connectivity index (χ1) is 8.97. The Bertz CT molecular complexity index is 599. The van der Waals surface area contributed by atoms with Crippen molar-refractivity contribution in [1.82, 2.24) is 4.57 Å². The zero-order chi connectivity index (χ0) is 14.0. The molecule has 0 unspecified atom stereocenters. The van der Waals surface area contributed by atoms with E-state index in [4.69, 9.17) is 16.3 Å². The van der Waals surface area contributed by atoms with Crippen molar-refractivity contribution in [2.24, 2.45) is 7.05 Å². The molecule has 1 heterocycles. The van der Waals surface area contributed by atoms with Crippen LogP contribution in [0.5, 0.6) is 5.75 Å². The summed E-state index contributed by atoms with van der Waals surface area (Å²) in [6, 6.07) is 5.41. The number of hydrogen-bond donors (Lipinski definition) is 0. The monoisotopic (exact) mass is 341 g/mol. The first kappa shape index (κ1) is 14.2. The summed E-state index contributed by atoms with van der Waals surface area (Å²) in [5.41, 5.74) is 1.52. The summed E-state index contributed by atoms with van der Waals surface area (Å²) in [7, 11) is 1.87. The van der Waals surface area contributed by atoms with Gasteiger partial charge in [0.2, 0.25) is 5.78 Å². The third-order valence-electron chi connectivity index (χ3n) is 2.70. The molecule has 19 heavy (non-hydrogen) atoms. The molecule has 100 valence electrons. The first-order valence-corrected chi connectivity index (χ1v) is 6.88. The fourth-order valence-corrected chi connectivity index (χ4v) is 2.79. The van der Waals surface area contributed by atoms with Crippen molar-refractivity contribution >= 4 is 33.3 Å². The summed E-state index contributed by atoms with van der Waals surface area (Å²) in [6.07, 6.45) is 3.59. The number of benzene rings is 1. The van der Waals surface area contributed by atoms with Crippen molar-refractivity contribution in [3.8, 4) is 5.75 Å². The number of rotatable bonds is 4. The van der Waals surface area contributed by atoms with E-state index >= 15 is 0 Å². The van der Waals surface area contributed by atoms with Crippen molar-refractivity contribution in [2.45, 2.75) is 6.92 Å². The van der Waals surface area contributed by atoms with Crippen molar-refractivity contribution in [3.05, 3.63) is 51.2 Å². The summed E-state index contributed by atoms with van der Waals surface area (Å²) in [4.78, 5) is 11.9. The fourth-order valence-electron chi connectivity index (χ4n) is 1.76. The maximum absolute atomic E-state index is 11.9. The van der Waals surface area contributed by atoms with E-state index in [0.717, 1.165) is 10.0 Å². The highest BCUT2D eigenvalue weighted by molar-refractivity contribution is 9.10. The number of carbonyl (C=O) groups is 1. The van der Waals surface area contributed by atoms with Gasteiger partial charge in [-0.3, -0.25) is 4.79 Å². The maximum atomic E-state index is 11.9. The predicted molar refractivity (Wildman–Crippen MR) is 79.1 cm³/mol. The third-order valence-corrected chi connectivity index (χ3v) is 3.43. The summed E-state index contributed by atoms with van der Waals surface area (Å²) in [5, 5.41) is 0.493. The molecule has 0 saturated carbocycles. The van der Waals surface area contributed by atoms with Gasteiger partial charge in [0.1, 0.15) is 5.75 Å². The Kier molecular flexibility index (Phi) is 4.32. The molecule has 2 rings (SSSR count). The fraction of sp³-hybridized carbons (Fsp3) is 0.214. The van der Waals surface area contributed by atoms with Crippen LogP contribution in [0, 0.1) is 6.92 Å². The van der Waals surface area contributed by atoms with Crippen LogP contribution >= 0.6 is 27.5 Å². The average Bonchev–Trinajstić information content (AvgIpc) is 2.74. The molecule has 0 atom stereocenters. The van der Waals surface area contributed by atoms with E-state index < -0.39 is 0 Å². The molecular formula is C14H13BrClNO2. The topological polar surface area (TPSA) is 31.2 Å². The minimum absolute atomic E-state index is 0.0216. The molecule has 0 aliphatic rings. The zero-order valence-electron chi connectivity index (χ0n) is 10.6. The second-order valence-corrected chi connectivity index (χ2v) is 5.63. The minimum atomic E-state index is -0.0704. The molecule has 2 aromatic rings. The molecule has 1 aromatic heterocycles. The molecule has 0 saturated heterocycles. The molecular weight excluding hydrogens is 330 g/mol. The van der Waals surface area contributed by atoms with Crippen LogP contribution in [0.3, 0.4) is 0 Å². The Balaban J connectivity index is 2.09. The lowest BCUT2D eigenvalue weighted by atomic mass is 10.2. The van der Waals surface area contributed by atoms with Crippen LogP contribution in [0.4, 0.5) is 0 Å². The number of nitrogens with zero attached hydrogens (tertiary/aromatic N) is 1. The lowest BCUT2D eigenvalue weighted by Gasteiger charge is -2.10. The van der Waals surface area contributed by atoms with Gasteiger partial charge in [0.05, 0.1) is 5.02 Å². The van der Waals surface area contributed by atoms with Gasteiger partial charge in [-0.05, 0) is 30.7 Å². The molecule has 0 aliphatic carbocycles. The van der Waals surface area contributed by atoms with Crippen LogP contribution in [-0.2, 0) is 7.05 Å². The quantitative estimate of drug-likeness (QED) is 0.786. The van der Waals surface area contributed by atoms with Gasteiger partial charge in [-0.15, -0.1) is 0 Å². The number of aryl methyl sites for hydroxylation is 2. The van der Waals surface area contributed by atoms with E-state index in [1.165, 1.54) is 0 Å². The van der Waals surface area contributed by atoms with Gasteiger partial charge >= 0.3 is 0 Å². The highest BCUT2D eigenvalue weighted by Gasteiger charge is 2.12. The van der Waals surface area contributed by atoms with E-state index in [2.05, 4.69) is 15.9 Å². The van der Waals surface area contributed by atoms with Gasteiger partial charge in [-0.2, -0.15) is 0 Å². The summed E-state index contributed by atoms with van der Waals surface area (Å²) >= 11 is 9.45. The van der Waals surface area contributed by atoms with Gasteiger partial charge in [0, 0.05) is 29.5 Å². The first-order valence-electron chi connectivity index (χ1n) is 5.71. The van der Waals surface area contributed by atoms with Gasteiger partial charge in [0.15, 0.2) is 6.61 Å². The lowest BCUT2D eigenvalue weighted by Crippen LogP contribution is -2.11. The number of ketones is 1. The van der Waals surface area contributed by atoms with Crippen LogP contribution < -0.4 is 4.74 Å². The zero-order valence-corrected chi connectivity index (χ0v) is 13.0. The van der Waals surface area contributed by atoms with Gasteiger partial charge in [0.25, 0.3) is 0 Å². The number of ether oxygens (including phenoxy) is 1. The molecule has 5 heteroatoms. The number of Topliss-reactive ketones (excluding diaryl/α,β-unsaturated/α-hetero) is 1. The second-order valence-electron chi connectivity index (χ2n) is 4.31. The van der Waals surface area contributed by atoms with Gasteiger partial charge < -0.3 is 9.30 Å². The summed E-state index contributed by atoms with van der Waals surface area (Å²) < 4.78 is 8.25. The van der Waals surface area contributed by atoms with Crippen LogP contribution in [0.2, 0.25) is 5.02 Å². The third kappa shape index (κ3) is 3.39. The molecule has 0 fully saturated rings. The Morgan fingerprint density at radius 3 is 2.79 bits per heavy atom. The number of carbonyl (C=O) groups excluding carboxylic acids is 1. The van der Waals surface area contributed by atoms with E-state index in [0.29, 0.717) is 16.3 Å². The summed E-state index contributed by atoms with van der Waals surface area (Å²) in [5.74, 6) is 0.480. The van der Waals surface area contributed by atoms with Crippen LogP contribution in [0.15, 0.2) is 35.1 Å². The molecule has 0 spiro atoms. The SMILES string of the molecule is Cc1cc(Br)cc(Cl)c1OCC(=O)c1ccn(C)c1. The van der Waals surface area contributed by atoms with Crippen molar-refractivity contribution in [1.29, 1.82) is 0 Å². The minimum Gasteiger partial charge on any atom is -0.484 e.